The number of nitrogens with zero attached hydrogens (tertiary/aromatic N) is 4. The summed E-state index contributed by atoms with van der Waals surface area (Å²) >= 11 is 0. The monoisotopic (exact) mass is 399 g/mol. The van der Waals surface area contributed by atoms with E-state index in [9.17, 15) is 0 Å². The minimum Gasteiger partial charge on any atom is -0.493 e. The minimum atomic E-state index is 0.607. The molecule has 1 saturated heterocycles. The summed E-state index contributed by atoms with van der Waals surface area (Å²) < 4.78 is 12.9. The van der Waals surface area contributed by atoms with E-state index in [1.807, 2.05) is 43.0 Å². The van der Waals surface area contributed by atoms with E-state index in [0.29, 0.717) is 19.1 Å². The molecule has 1 aromatic heterocycles. The first-order valence-electron chi connectivity index (χ1n) is 10.4. The Morgan fingerprint density at radius 2 is 2.14 bits per heavy atom. The topological polar surface area (TPSA) is 63.9 Å². The number of hydrogen-bond donors (Lipinski definition) is 1. The van der Waals surface area contributed by atoms with Gasteiger partial charge in [-0.25, -0.2) is 4.99 Å². The Balaban J connectivity index is 1.64. The fourth-order valence-corrected chi connectivity index (χ4v) is 3.78. The average Bonchev–Trinajstić information content (AvgIpc) is 3.35. The first-order valence-corrected chi connectivity index (χ1v) is 10.4. The molecule has 0 saturated carbocycles. The first kappa shape index (κ1) is 21.0. The summed E-state index contributed by atoms with van der Waals surface area (Å²) in [4.78, 5) is 7.26. The number of likely N-dealkylation sites (tertiary alicyclic amines) is 1. The van der Waals surface area contributed by atoms with Crippen molar-refractivity contribution in [1.82, 2.24) is 20.0 Å². The molecule has 7 nitrogen and oxygen atoms in total. The van der Waals surface area contributed by atoms with Crippen LogP contribution >= 0.6 is 0 Å². The molecule has 1 aliphatic rings. The van der Waals surface area contributed by atoms with E-state index in [4.69, 9.17) is 14.5 Å². The standard InChI is InChI=1S/C22H33N5O2/c1-5-23-22(24-13-17-7-8-20(28-4)21(12-17)29-6-2)27-10-9-18(16-27)11-19-14-25-26(3)15-19/h7-8,12,14-15,18H,5-6,9-11,13,16H2,1-4H3,(H,23,24). The highest BCUT2D eigenvalue weighted by molar-refractivity contribution is 5.80. The summed E-state index contributed by atoms with van der Waals surface area (Å²) in [6.07, 6.45) is 6.33. The molecule has 0 aliphatic carbocycles. The van der Waals surface area contributed by atoms with Gasteiger partial charge in [0.1, 0.15) is 0 Å². The van der Waals surface area contributed by atoms with Gasteiger partial charge in [0.25, 0.3) is 0 Å². The number of guanidine groups is 1. The Kier molecular flexibility index (Phi) is 7.38. The molecule has 1 aromatic carbocycles. The molecule has 1 N–H and O–H groups in total. The second-order valence-corrected chi connectivity index (χ2v) is 7.42. The molecule has 1 atom stereocenters. The number of aryl methyl sites for hydroxylation is 1. The Labute approximate surface area is 173 Å². The summed E-state index contributed by atoms with van der Waals surface area (Å²) in [5.74, 6) is 3.14. The number of hydrogen-bond acceptors (Lipinski definition) is 4. The van der Waals surface area contributed by atoms with Gasteiger partial charge in [-0.05, 0) is 55.9 Å². The zero-order valence-corrected chi connectivity index (χ0v) is 18.0. The molecular formula is C22H33N5O2. The second kappa shape index (κ2) is 10.2. The lowest BCUT2D eigenvalue weighted by Crippen LogP contribution is -2.40. The van der Waals surface area contributed by atoms with Crippen molar-refractivity contribution in [2.75, 3.05) is 33.4 Å². The third kappa shape index (κ3) is 5.65. The third-order valence-electron chi connectivity index (χ3n) is 5.14. The van der Waals surface area contributed by atoms with Gasteiger partial charge in [0, 0.05) is 32.9 Å². The molecule has 29 heavy (non-hydrogen) atoms. The predicted molar refractivity (Wildman–Crippen MR) is 116 cm³/mol. The highest BCUT2D eigenvalue weighted by Gasteiger charge is 2.25. The van der Waals surface area contributed by atoms with Gasteiger partial charge in [-0.3, -0.25) is 4.68 Å². The molecule has 0 bridgehead atoms. The molecule has 2 aromatic rings. The Hall–Kier alpha value is -2.70. The van der Waals surface area contributed by atoms with Crippen LogP contribution in [0.25, 0.3) is 0 Å². The van der Waals surface area contributed by atoms with Crippen LogP contribution in [0.3, 0.4) is 0 Å². The van der Waals surface area contributed by atoms with Gasteiger partial charge in [-0.1, -0.05) is 6.07 Å². The van der Waals surface area contributed by atoms with E-state index in [1.165, 1.54) is 12.0 Å². The zero-order chi connectivity index (χ0) is 20.6. The van der Waals surface area contributed by atoms with Crippen LogP contribution in [-0.2, 0) is 20.0 Å². The van der Waals surface area contributed by atoms with Crippen LogP contribution in [0.2, 0.25) is 0 Å². The number of benzene rings is 1. The van der Waals surface area contributed by atoms with Gasteiger partial charge in [-0.2, -0.15) is 5.10 Å². The molecule has 158 valence electrons. The van der Waals surface area contributed by atoms with Gasteiger partial charge in [-0.15, -0.1) is 0 Å². The van der Waals surface area contributed by atoms with E-state index < -0.39 is 0 Å². The molecule has 0 spiro atoms. The molecule has 3 rings (SSSR count). The van der Waals surface area contributed by atoms with Crippen LogP contribution in [0, 0.1) is 5.92 Å². The van der Waals surface area contributed by atoms with E-state index in [1.54, 1.807) is 7.11 Å². The van der Waals surface area contributed by atoms with Crippen LogP contribution in [0.5, 0.6) is 11.5 Å². The average molecular weight is 400 g/mol. The van der Waals surface area contributed by atoms with Crippen molar-refractivity contribution < 1.29 is 9.47 Å². The van der Waals surface area contributed by atoms with E-state index in [2.05, 4.69) is 28.4 Å². The van der Waals surface area contributed by atoms with Crippen molar-refractivity contribution in [3.63, 3.8) is 0 Å². The maximum atomic E-state index is 5.69. The molecule has 1 fully saturated rings. The SMILES string of the molecule is CCNC(=NCc1ccc(OC)c(OCC)c1)N1CCC(Cc2cnn(C)c2)C1. The number of nitrogens with one attached hydrogen (secondary N) is 1. The maximum absolute atomic E-state index is 5.69. The summed E-state index contributed by atoms with van der Waals surface area (Å²) in [6, 6.07) is 6.01. The fraction of sp³-hybridized carbons (Fsp3) is 0.545. The van der Waals surface area contributed by atoms with E-state index in [0.717, 1.165) is 49.1 Å². The van der Waals surface area contributed by atoms with Gasteiger partial charge >= 0.3 is 0 Å². The van der Waals surface area contributed by atoms with Gasteiger partial charge in [0.2, 0.25) is 0 Å². The first-order chi connectivity index (χ1) is 14.1. The van der Waals surface area contributed by atoms with Crippen molar-refractivity contribution in [2.24, 2.45) is 18.0 Å². The van der Waals surface area contributed by atoms with Gasteiger partial charge < -0.3 is 19.7 Å². The number of rotatable bonds is 8. The number of ether oxygens (including phenoxy) is 2. The predicted octanol–water partition coefficient (Wildman–Crippen LogP) is 2.86. The lowest BCUT2D eigenvalue weighted by Gasteiger charge is -2.21. The highest BCUT2D eigenvalue weighted by atomic mass is 16.5. The third-order valence-corrected chi connectivity index (χ3v) is 5.14. The lowest BCUT2D eigenvalue weighted by molar-refractivity contribution is 0.310. The summed E-state index contributed by atoms with van der Waals surface area (Å²) in [6.45, 7) is 8.21. The molecule has 1 aliphatic heterocycles. The zero-order valence-electron chi connectivity index (χ0n) is 18.0. The van der Waals surface area contributed by atoms with Crippen LogP contribution in [0.1, 0.15) is 31.4 Å². The number of aliphatic imine (C=N–C) groups is 1. The molecule has 7 heteroatoms. The number of methoxy groups -OCH3 is 1. The van der Waals surface area contributed by atoms with E-state index >= 15 is 0 Å². The molecule has 1 unspecified atom stereocenters. The van der Waals surface area contributed by atoms with Crippen molar-refractivity contribution in [3.8, 4) is 11.5 Å². The van der Waals surface area contributed by atoms with Crippen molar-refractivity contribution >= 4 is 5.96 Å². The van der Waals surface area contributed by atoms with Crippen LogP contribution in [0.15, 0.2) is 35.6 Å². The smallest absolute Gasteiger partial charge is 0.194 e. The van der Waals surface area contributed by atoms with E-state index in [-0.39, 0.29) is 0 Å². The van der Waals surface area contributed by atoms with Crippen LogP contribution in [-0.4, -0.2) is 54.0 Å². The van der Waals surface area contributed by atoms with Gasteiger partial charge in [0.15, 0.2) is 17.5 Å². The summed E-state index contributed by atoms with van der Waals surface area (Å²) in [7, 11) is 3.63. The van der Waals surface area contributed by atoms with Crippen molar-refractivity contribution in [2.45, 2.75) is 33.2 Å². The Bertz CT molecular complexity index is 817. The minimum absolute atomic E-state index is 0.607. The quantitative estimate of drug-likeness (QED) is 0.546. The summed E-state index contributed by atoms with van der Waals surface area (Å²) in [5, 5.41) is 7.73. The number of aromatic nitrogens is 2. The molecule has 2 heterocycles. The molecule has 0 radical (unpaired) electrons. The maximum Gasteiger partial charge on any atom is 0.194 e. The Morgan fingerprint density at radius 1 is 1.28 bits per heavy atom. The summed E-state index contributed by atoms with van der Waals surface area (Å²) in [5.41, 5.74) is 2.42. The second-order valence-electron chi connectivity index (χ2n) is 7.42. The molecular weight excluding hydrogens is 366 g/mol. The highest BCUT2D eigenvalue weighted by Crippen LogP contribution is 2.28. The fourth-order valence-electron chi connectivity index (χ4n) is 3.78. The lowest BCUT2D eigenvalue weighted by atomic mass is 10.0. The van der Waals surface area contributed by atoms with Gasteiger partial charge in [0.05, 0.1) is 26.5 Å². The Morgan fingerprint density at radius 3 is 2.83 bits per heavy atom. The normalized spacial score (nSPS) is 16.9. The van der Waals surface area contributed by atoms with Crippen LogP contribution < -0.4 is 14.8 Å². The molecule has 0 amide bonds. The van der Waals surface area contributed by atoms with Crippen molar-refractivity contribution in [3.05, 3.63) is 41.7 Å². The van der Waals surface area contributed by atoms with Crippen LogP contribution in [0.4, 0.5) is 0 Å². The van der Waals surface area contributed by atoms with Crippen molar-refractivity contribution in [1.29, 1.82) is 0 Å². The largest absolute Gasteiger partial charge is 0.493 e.